The van der Waals surface area contributed by atoms with Crippen LogP contribution in [0.5, 0.6) is 0 Å². The molecule has 0 amide bonds. The highest BCUT2D eigenvalue weighted by Gasteiger charge is 2.24. The van der Waals surface area contributed by atoms with Crippen molar-refractivity contribution >= 4 is 5.97 Å². The maximum absolute atomic E-state index is 11.8. The van der Waals surface area contributed by atoms with Gasteiger partial charge >= 0.3 is 12.1 Å². The molecule has 0 radical (unpaired) electrons. The fraction of sp³-hybridized carbons (Fsp3) is 0.357. The number of esters is 1. The molecule has 0 atom stereocenters. The fourth-order valence-corrected chi connectivity index (χ4v) is 1.21. The van der Waals surface area contributed by atoms with Crippen molar-refractivity contribution in [2.45, 2.75) is 26.4 Å². The van der Waals surface area contributed by atoms with Crippen LogP contribution in [0.2, 0.25) is 0 Å². The third-order valence-electron chi connectivity index (χ3n) is 2.04. The van der Waals surface area contributed by atoms with Gasteiger partial charge in [0, 0.05) is 0 Å². The highest BCUT2D eigenvalue weighted by Crippen LogP contribution is 2.19. The summed E-state index contributed by atoms with van der Waals surface area (Å²) >= 11 is 0. The lowest BCUT2D eigenvalue weighted by molar-refractivity contribution is -0.125. The van der Waals surface area contributed by atoms with Crippen LogP contribution in [0, 0.1) is 0 Å². The summed E-state index contributed by atoms with van der Waals surface area (Å²) in [5.41, 5.74) is 0.428. The first kappa shape index (κ1) is 17.2. The average Bonchev–Trinajstić information content (AvgIpc) is 2.33. The Bertz CT molecular complexity index is 397. The van der Waals surface area contributed by atoms with E-state index in [-0.39, 0.29) is 20.5 Å². The van der Waals surface area contributed by atoms with E-state index in [0.29, 0.717) is 5.56 Å². The second-order valence-electron chi connectivity index (χ2n) is 3.58. The first-order valence-corrected chi connectivity index (χ1v) is 5.43. The average molecular weight is 274 g/mol. The minimum Gasteiger partial charge on any atom is -0.462 e. The Morgan fingerprint density at radius 2 is 1.79 bits per heavy atom. The second-order valence-corrected chi connectivity index (χ2v) is 3.58. The van der Waals surface area contributed by atoms with Gasteiger partial charge in [-0.05, 0) is 18.6 Å². The van der Waals surface area contributed by atoms with Crippen LogP contribution >= 0.6 is 0 Å². The highest BCUT2D eigenvalue weighted by molar-refractivity contribution is 5.89. The number of ether oxygens (including phenoxy) is 1. The van der Waals surface area contributed by atoms with Gasteiger partial charge in [-0.3, -0.25) is 0 Å². The van der Waals surface area contributed by atoms with Crippen LogP contribution in [0.3, 0.4) is 0 Å². The van der Waals surface area contributed by atoms with Gasteiger partial charge in [0.15, 0.2) is 0 Å². The third-order valence-corrected chi connectivity index (χ3v) is 2.04. The maximum Gasteiger partial charge on any atom is 0.392 e. The standard InChI is InChI=1S/C13H13F3O2.CH4/c14-13(15,16)9-5-2-6-10-18-12(17)11-7-3-1-4-8-11;/h1-5,7-8H,6,9-10H2;1H4. The van der Waals surface area contributed by atoms with E-state index in [1.54, 1.807) is 30.3 Å². The molecule has 0 aromatic heterocycles. The van der Waals surface area contributed by atoms with Crippen molar-refractivity contribution in [3.05, 3.63) is 48.0 Å². The molecule has 5 heteroatoms. The van der Waals surface area contributed by atoms with Crippen LogP contribution in [0.15, 0.2) is 42.5 Å². The van der Waals surface area contributed by atoms with E-state index in [9.17, 15) is 18.0 Å². The summed E-state index contributed by atoms with van der Waals surface area (Å²) < 4.78 is 40.2. The minimum absolute atomic E-state index is 0. The monoisotopic (exact) mass is 274 g/mol. The molecular formula is C14H17F3O2. The zero-order valence-corrected chi connectivity index (χ0v) is 9.61. The molecule has 0 fully saturated rings. The van der Waals surface area contributed by atoms with Crippen molar-refractivity contribution in [1.29, 1.82) is 0 Å². The van der Waals surface area contributed by atoms with E-state index in [0.717, 1.165) is 6.08 Å². The molecule has 0 heterocycles. The fourth-order valence-electron chi connectivity index (χ4n) is 1.21. The summed E-state index contributed by atoms with van der Waals surface area (Å²) in [5, 5.41) is 0. The Labute approximate surface area is 110 Å². The summed E-state index contributed by atoms with van der Waals surface area (Å²) in [6, 6.07) is 8.42. The lowest BCUT2D eigenvalue weighted by atomic mass is 10.2. The zero-order valence-electron chi connectivity index (χ0n) is 9.61. The van der Waals surface area contributed by atoms with Crippen molar-refractivity contribution in [3.63, 3.8) is 0 Å². The van der Waals surface area contributed by atoms with Gasteiger partial charge in [0.1, 0.15) is 0 Å². The van der Waals surface area contributed by atoms with Gasteiger partial charge < -0.3 is 4.74 Å². The Morgan fingerprint density at radius 1 is 1.16 bits per heavy atom. The number of rotatable bonds is 5. The zero-order chi connectivity index (χ0) is 13.4. The maximum atomic E-state index is 11.8. The van der Waals surface area contributed by atoms with Crippen LogP contribution in [0.4, 0.5) is 13.2 Å². The first-order valence-electron chi connectivity index (χ1n) is 5.43. The summed E-state index contributed by atoms with van der Waals surface area (Å²) in [6.45, 7) is 0.0715. The van der Waals surface area contributed by atoms with Crippen LogP contribution in [0.1, 0.15) is 30.6 Å². The number of carbonyl (C=O) groups excluding carboxylic acids is 1. The number of halogens is 3. The van der Waals surface area contributed by atoms with Crippen LogP contribution in [0.25, 0.3) is 0 Å². The number of hydrogen-bond donors (Lipinski definition) is 0. The van der Waals surface area contributed by atoms with E-state index >= 15 is 0 Å². The van der Waals surface area contributed by atoms with Crippen molar-refractivity contribution in [2.75, 3.05) is 6.61 Å². The number of alkyl halides is 3. The van der Waals surface area contributed by atoms with Gasteiger partial charge in [-0.1, -0.05) is 37.8 Å². The smallest absolute Gasteiger partial charge is 0.392 e. The normalized spacial score (nSPS) is 11.1. The van der Waals surface area contributed by atoms with Gasteiger partial charge in [0.2, 0.25) is 0 Å². The molecule has 0 aliphatic carbocycles. The van der Waals surface area contributed by atoms with Gasteiger partial charge in [-0.2, -0.15) is 13.2 Å². The molecule has 0 aliphatic rings. The van der Waals surface area contributed by atoms with Gasteiger partial charge in [0.25, 0.3) is 0 Å². The molecular weight excluding hydrogens is 257 g/mol. The quantitative estimate of drug-likeness (QED) is 0.452. The highest BCUT2D eigenvalue weighted by atomic mass is 19.4. The number of allylic oxidation sites excluding steroid dienone is 1. The van der Waals surface area contributed by atoms with Crippen molar-refractivity contribution in [1.82, 2.24) is 0 Å². The first-order chi connectivity index (χ1) is 8.49. The Morgan fingerprint density at radius 3 is 2.37 bits per heavy atom. The summed E-state index contributed by atoms with van der Waals surface area (Å²) in [5.74, 6) is -0.472. The van der Waals surface area contributed by atoms with Crippen LogP contribution in [-0.2, 0) is 4.74 Å². The van der Waals surface area contributed by atoms with Crippen molar-refractivity contribution in [3.8, 4) is 0 Å². The number of hydrogen-bond acceptors (Lipinski definition) is 2. The van der Waals surface area contributed by atoms with Gasteiger partial charge in [-0.25, -0.2) is 4.79 Å². The predicted molar refractivity (Wildman–Crippen MR) is 67.9 cm³/mol. The molecule has 0 saturated heterocycles. The van der Waals surface area contributed by atoms with Crippen LogP contribution in [-0.4, -0.2) is 18.8 Å². The number of benzene rings is 1. The van der Waals surface area contributed by atoms with Gasteiger partial charge in [-0.15, -0.1) is 0 Å². The van der Waals surface area contributed by atoms with E-state index in [1.807, 2.05) is 0 Å². The summed E-state index contributed by atoms with van der Waals surface area (Å²) in [7, 11) is 0. The molecule has 0 bridgehead atoms. The molecule has 1 rings (SSSR count). The van der Waals surface area contributed by atoms with E-state index in [1.165, 1.54) is 6.08 Å². The molecule has 1 aromatic carbocycles. The van der Waals surface area contributed by atoms with Gasteiger partial charge in [0.05, 0.1) is 18.6 Å². The molecule has 106 valence electrons. The predicted octanol–water partition coefficient (Wildman–Crippen LogP) is 4.38. The minimum atomic E-state index is -4.18. The van der Waals surface area contributed by atoms with E-state index in [2.05, 4.69) is 0 Å². The lowest BCUT2D eigenvalue weighted by Gasteiger charge is -2.03. The van der Waals surface area contributed by atoms with E-state index in [4.69, 9.17) is 4.74 Å². The van der Waals surface area contributed by atoms with Crippen molar-refractivity contribution < 1.29 is 22.7 Å². The molecule has 0 N–H and O–H groups in total. The molecule has 1 aromatic rings. The Hall–Kier alpha value is -1.78. The molecule has 19 heavy (non-hydrogen) atoms. The molecule has 2 nitrogen and oxygen atoms in total. The molecule has 0 aliphatic heterocycles. The van der Waals surface area contributed by atoms with E-state index < -0.39 is 18.6 Å². The summed E-state index contributed by atoms with van der Waals surface area (Å²) in [4.78, 5) is 11.4. The SMILES string of the molecule is C.O=C(OCCC=CCC(F)(F)F)c1ccccc1. The largest absolute Gasteiger partial charge is 0.462 e. The lowest BCUT2D eigenvalue weighted by Crippen LogP contribution is -2.06. The number of carbonyl (C=O) groups is 1. The molecule has 0 unspecified atom stereocenters. The topological polar surface area (TPSA) is 26.3 Å². The van der Waals surface area contributed by atoms with Crippen LogP contribution < -0.4 is 0 Å². The molecule has 0 saturated carbocycles. The third kappa shape index (κ3) is 8.02. The second kappa shape index (κ2) is 8.34. The summed E-state index contributed by atoms with van der Waals surface area (Å²) in [6.07, 6.45) is -2.49. The Balaban J connectivity index is 0.00000324. The Kier molecular flexibility index (Phi) is 7.56. The van der Waals surface area contributed by atoms with Crippen molar-refractivity contribution in [2.24, 2.45) is 0 Å². The molecule has 0 spiro atoms.